The standard InChI is InChI=1S/C5H6N2/c6-7-4-1-5(7,2-4)3-4/h1-3H2. The zero-order valence-corrected chi connectivity index (χ0v) is 4.02. The third-order valence-corrected chi connectivity index (χ3v) is 2.87. The molecule has 0 aromatic carbocycles. The Morgan fingerprint density at radius 2 is 1.43 bits per heavy atom. The van der Waals surface area contributed by atoms with E-state index in [1.165, 1.54) is 19.3 Å². The summed E-state index contributed by atoms with van der Waals surface area (Å²) in [6.45, 7) is 0. The van der Waals surface area contributed by atoms with E-state index in [2.05, 4.69) is 0 Å². The van der Waals surface area contributed by atoms with Gasteiger partial charge in [0.15, 0.2) is 11.1 Å². The SMILES string of the molecule is [N-]=[N+]1C23CC1(C2)C3. The third-order valence-electron chi connectivity index (χ3n) is 2.87. The lowest BCUT2D eigenvalue weighted by molar-refractivity contribution is -0.913. The number of hydrogen-bond donors (Lipinski definition) is 0. The summed E-state index contributed by atoms with van der Waals surface area (Å²) in [5.74, 6) is 0. The van der Waals surface area contributed by atoms with Crippen LogP contribution in [0.15, 0.2) is 0 Å². The Kier molecular flexibility index (Phi) is 0.153. The van der Waals surface area contributed by atoms with E-state index in [1.807, 2.05) is 0 Å². The van der Waals surface area contributed by atoms with Crippen molar-refractivity contribution in [2.24, 2.45) is 0 Å². The minimum absolute atomic E-state index is 0.347. The van der Waals surface area contributed by atoms with Gasteiger partial charge in [-0.2, -0.15) is 0 Å². The summed E-state index contributed by atoms with van der Waals surface area (Å²) in [4.78, 5) is 0. The van der Waals surface area contributed by atoms with Crippen LogP contribution in [0.5, 0.6) is 0 Å². The first-order valence-electron chi connectivity index (χ1n) is 2.77. The number of nitrogens with zero attached hydrogens (tertiary/aromatic N) is 2. The lowest BCUT2D eigenvalue weighted by atomic mass is 9.33. The summed E-state index contributed by atoms with van der Waals surface area (Å²) in [7, 11) is 0. The Morgan fingerprint density at radius 1 is 1.14 bits per heavy atom. The zero-order valence-electron chi connectivity index (χ0n) is 4.02. The molecular weight excluding hydrogens is 88.1 g/mol. The van der Waals surface area contributed by atoms with Crippen molar-refractivity contribution in [3.05, 3.63) is 5.53 Å². The van der Waals surface area contributed by atoms with Crippen molar-refractivity contribution in [1.29, 1.82) is 0 Å². The molecule has 0 spiro atoms. The molecule has 0 aromatic heterocycles. The lowest BCUT2D eigenvalue weighted by Crippen LogP contribution is -2.95. The first-order chi connectivity index (χ1) is 3.28. The van der Waals surface area contributed by atoms with Gasteiger partial charge < -0.3 is 10.2 Å². The van der Waals surface area contributed by atoms with E-state index in [0.717, 1.165) is 0 Å². The predicted molar refractivity (Wildman–Crippen MR) is 22.9 cm³/mol. The molecule has 2 nitrogen and oxygen atoms in total. The second-order valence-corrected chi connectivity index (χ2v) is 3.29. The molecule has 0 amide bonds. The molecule has 36 valence electrons. The number of hydrogen-bond acceptors (Lipinski definition) is 0. The van der Waals surface area contributed by atoms with E-state index >= 15 is 0 Å². The lowest BCUT2D eigenvalue weighted by Gasteiger charge is -2.80. The molecule has 0 atom stereocenters. The molecule has 0 N–H and O–H groups in total. The maximum atomic E-state index is 8.90. The summed E-state index contributed by atoms with van der Waals surface area (Å²) in [6, 6.07) is 0. The van der Waals surface area contributed by atoms with Gasteiger partial charge in [0.05, 0.1) is 19.3 Å². The fraction of sp³-hybridized carbons (Fsp3) is 1.00. The third kappa shape index (κ3) is 0.0828. The highest BCUT2D eigenvalue weighted by atomic mass is 15.5. The molecule has 3 aliphatic heterocycles. The van der Waals surface area contributed by atoms with Gasteiger partial charge in [-0.05, 0) is 0 Å². The van der Waals surface area contributed by atoms with Gasteiger partial charge in [-0.1, -0.05) is 0 Å². The van der Waals surface area contributed by atoms with Crippen molar-refractivity contribution in [2.45, 2.75) is 30.3 Å². The van der Waals surface area contributed by atoms with Gasteiger partial charge in [0.25, 0.3) is 0 Å². The van der Waals surface area contributed by atoms with Crippen LogP contribution in [0.3, 0.4) is 0 Å². The summed E-state index contributed by atoms with van der Waals surface area (Å²) in [6.07, 6.45) is 3.86. The Morgan fingerprint density at radius 3 is 1.43 bits per heavy atom. The average molecular weight is 94.1 g/mol. The topological polar surface area (TPSA) is 25.3 Å². The van der Waals surface area contributed by atoms with Crippen LogP contribution >= 0.6 is 0 Å². The monoisotopic (exact) mass is 94.1 g/mol. The summed E-state index contributed by atoms with van der Waals surface area (Å²) in [5, 5.41) is 0. The van der Waals surface area contributed by atoms with E-state index in [0.29, 0.717) is 11.1 Å². The van der Waals surface area contributed by atoms with Crippen molar-refractivity contribution in [3.8, 4) is 0 Å². The van der Waals surface area contributed by atoms with Crippen molar-refractivity contribution < 1.29 is 4.70 Å². The van der Waals surface area contributed by atoms with E-state index in [1.54, 1.807) is 4.70 Å². The molecule has 6 aliphatic rings. The van der Waals surface area contributed by atoms with Crippen LogP contribution in [0.25, 0.3) is 5.53 Å². The van der Waals surface area contributed by atoms with E-state index in [9.17, 15) is 0 Å². The molecule has 7 heavy (non-hydrogen) atoms. The second kappa shape index (κ2) is 0.383. The van der Waals surface area contributed by atoms with Gasteiger partial charge in [0.2, 0.25) is 0 Å². The fourth-order valence-electron chi connectivity index (χ4n) is 2.36. The molecule has 3 saturated carbocycles. The molecule has 3 aliphatic carbocycles. The van der Waals surface area contributed by atoms with E-state index < -0.39 is 0 Å². The maximum Gasteiger partial charge on any atom is 0.171 e. The van der Waals surface area contributed by atoms with Crippen molar-refractivity contribution in [1.82, 2.24) is 0 Å². The second-order valence-electron chi connectivity index (χ2n) is 3.29. The van der Waals surface area contributed by atoms with Gasteiger partial charge in [-0.3, -0.25) is 0 Å². The summed E-state index contributed by atoms with van der Waals surface area (Å²) in [5.41, 5.74) is 9.59. The highest BCUT2D eigenvalue weighted by molar-refractivity contribution is 5.30. The van der Waals surface area contributed by atoms with Crippen LogP contribution in [0.4, 0.5) is 0 Å². The van der Waals surface area contributed by atoms with Crippen molar-refractivity contribution >= 4 is 0 Å². The van der Waals surface area contributed by atoms with Crippen LogP contribution in [-0.4, -0.2) is 15.8 Å². The molecule has 2 bridgehead atoms. The summed E-state index contributed by atoms with van der Waals surface area (Å²) >= 11 is 0. The average Bonchev–Trinajstić information content (AvgIpc) is 1.25. The maximum absolute atomic E-state index is 8.90. The molecular formula is C5H6N2. The fourth-order valence-corrected chi connectivity index (χ4v) is 2.36. The molecule has 3 saturated heterocycles. The first-order valence-corrected chi connectivity index (χ1v) is 2.77. The minimum atomic E-state index is 0.347. The van der Waals surface area contributed by atoms with Crippen LogP contribution in [-0.2, 0) is 0 Å². The summed E-state index contributed by atoms with van der Waals surface area (Å²) < 4.78 is 1.54. The van der Waals surface area contributed by atoms with Gasteiger partial charge >= 0.3 is 0 Å². The first kappa shape index (κ1) is 2.80. The van der Waals surface area contributed by atoms with Gasteiger partial charge in [-0.15, -0.1) is 0 Å². The normalized spacial score (nSPS) is 70.6. The van der Waals surface area contributed by atoms with Gasteiger partial charge in [0, 0.05) is 0 Å². The largest absolute Gasteiger partial charge is 0.506 e. The molecule has 0 radical (unpaired) electrons. The zero-order chi connectivity index (χ0) is 4.70. The van der Waals surface area contributed by atoms with Crippen LogP contribution in [0.1, 0.15) is 19.3 Å². The van der Waals surface area contributed by atoms with Crippen LogP contribution < -0.4 is 0 Å². The quantitative estimate of drug-likeness (QED) is 0.395. The Balaban J connectivity index is 2.32. The van der Waals surface area contributed by atoms with E-state index in [-0.39, 0.29) is 0 Å². The molecule has 3 heterocycles. The Labute approximate surface area is 41.6 Å². The van der Waals surface area contributed by atoms with E-state index in [4.69, 9.17) is 5.53 Å². The van der Waals surface area contributed by atoms with Crippen LogP contribution in [0, 0.1) is 0 Å². The molecule has 6 fully saturated rings. The molecule has 0 unspecified atom stereocenters. The Hall–Kier alpha value is -0.400. The predicted octanol–water partition coefficient (Wildman–Crippen LogP) is 0.709. The van der Waals surface area contributed by atoms with Crippen LogP contribution in [0.2, 0.25) is 0 Å². The highest BCUT2D eigenvalue weighted by Gasteiger charge is 2.93. The van der Waals surface area contributed by atoms with Gasteiger partial charge in [0.1, 0.15) is 0 Å². The number of rotatable bonds is 0. The van der Waals surface area contributed by atoms with Gasteiger partial charge in [-0.25, -0.2) is 0 Å². The molecule has 6 rings (SSSR count). The minimum Gasteiger partial charge on any atom is -0.506 e. The molecule has 2 heteroatoms. The Bertz CT molecular complexity index is 147. The smallest absolute Gasteiger partial charge is 0.171 e. The molecule has 0 aromatic rings. The highest BCUT2D eigenvalue weighted by Crippen LogP contribution is 2.77. The van der Waals surface area contributed by atoms with Crippen molar-refractivity contribution in [2.75, 3.05) is 0 Å². The van der Waals surface area contributed by atoms with Crippen molar-refractivity contribution in [3.63, 3.8) is 0 Å².